The van der Waals surface area contributed by atoms with Gasteiger partial charge in [-0.1, -0.05) is 60.3 Å². The lowest BCUT2D eigenvalue weighted by Crippen LogP contribution is -2.17. The fraction of sp³-hybridized carbons (Fsp3) is 0.240. The van der Waals surface area contributed by atoms with E-state index in [1.54, 1.807) is 0 Å². The number of para-hydroxylation sites is 1. The first-order chi connectivity index (χ1) is 15.7. The zero-order chi connectivity index (χ0) is 21.9. The number of carbonyl (C=O) groups is 1. The molecule has 2 aromatic heterocycles. The molecule has 32 heavy (non-hydrogen) atoms. The van der Waals surface area contributed by atoms with E-state index in [-0.39, 0.29) is 11.7 Å². The number of benzene rings is 2. The summed E-state index contributed by atoms with van der Waals surface area (Å²) in [5, 5.41) is 8.55. The van der Waals surface area contributed by atoms with Gasteiger partial charge in [-0.25, -0.2) is 9.67 Å². The first-order valence-corrected chi connectivity index (χ1v) is 11.8. The molecule has 4 aromatic rings. The van der Waals surface area contributed by atoms with Gasteiger partial charge in [0.1, 0.15) is 5.82 Å². The Morgan fingerprint density at radius 3 is 2.56 bits per heavy atom. The predicted octanol–water partition coefficient (Wildman–Crippen LogP) is 5.10. The standard InChI is InChI=1S/C25H25N5OS/c1-17-21(14-18-8-4-2-5-9-18)27-25(26-17)32-16-24(31)28-23-15-22(19-12-13-19)29-30(23)20-10-6-3-7-11-20/h2-11,15,19H,12-14,16H2,1H3,(H,26,27)(H,28,31). The molecule has 1 saturated carbocycles. The first kappa shape index (κ1) is 20.6. The summed E-state index contributed by atoms with van der Waals surface area (Å²) in [4.78, 5) is 20.7. The Morgan fingerprint density at radius 1 is 1.12 bits per heavy atom. The van der Waals surface area contributed by atoms with Gasteiger partial charge in [-0.2, -0.15) is 5.10 Å². The average Bonchev–Trinajstić information content (AvgIpc) is 3.49. The smallest absolute Gasteiger partial charge is 0.236 e. The van der Waals surface area contributed by atoms with Gasteiger partial charge in [-0.05, 0) is 37.5 Å². The summed E-state index contributed by atoms with van der Waals surface area (Å²) >= 11 is 1.41. The summed E-state index contributed by atoms with van der Waals surface area (Å²) in [7, 11) is 0. The minimum absolute atomic E-state index is 0.0758. The molecule has 162 valence electrons. The number of aromatic amines is 1. The summed E-state index contributed by atoms with van der Waals surface area (Å²) in [6, 6.07) is 22.2. The lowest BCUT2D eigenvalue weighted by atomic mass is 10.1. The maximum Gasteiger partial charge on any atom is 0.236 e. The molecule has 0 atom stereocenters. The van der Waals surface area contributed by atoms with Crippen molar-refractivity contribution in [3.8, 4) is 5.69 Å². The van der Waals surface area contributed by atoms with Crippen LogP contribution in [0.1, 0.15) is 41.4 Å². The highest BCUT2D eigenvalue weighted by atomic mass is 32.2. The number of aromatic nitrogens is 4. The van der Waals surface area contributed by atoms with E-state index < -0.39 is 0 Å². The Balaban J connectivity index is 1.24. The fourth-order valence-corrected chi connectivity index (χ4v) is 4.38. The number of thioether (sulfide) groups is 1. The van der Waals surface area contributed by atoms with Crippen LogP contribution in [0.4, 0.5) is 5.82 Å². The van der Waals surface area contributed by atoms with E-state index in [1.165, 1.54) is 17.3 Å². The molecule has 0 bridgehead atoms. The van der Waals surface area contributed by atoms with Crippen molar-refractivity contribution in [1.29, 1.82) is 0 Å². The Bertz CT molecular complexity index is 1210. The normalized spacial score (nSPS) is 13.3. The molecular formula is C25H25N5OS. The Morgan fingerprint density at radius 2 is 1.84 bits per heavy atom. The maximum atomic E-state index is 12.7. The largest absolute Gasteiger partial charge is 0.337 e. The van der Waals surface area contributed by atoms with Gasteiger partial charge in [0.2, 0.25) is 5.91 Å². The molecular weight excluding hydrogens is 418 g/mol. The quantitative estimate of drug-likeness (QED) is 0.371. The van der Waals surface area contributed by atoms with Crippen LogP contribution in [0, 0.1) is 6.92 Å². The first-order valence-electron chi connectivity index (χ1n) is 10.8. The summed E-state index contributed by atoms with van der Waals surface area (Å²) in [6.07, 6.45) is 3.10. The number of H-pyrrole nitrogens is 1. The topological polar surface area (TPSA) is 75.6 Å². The SMILES string of the molecule is Cc1[nH]c(SCC(=O)Nc2cc(C3CC3)nn2-c2ccccc2)nc1Cc1ccccc1. The van der Waals surface area contributed by atoms with Gasteiger partial charge in [-0.3, -0.25) is 4.79 Å². The summed E-state index contributed by atoms with van der Waals surface area (Å²) < 4.78 is 1.82. The third-order valence-electron chi connectivity index (χ3n) is 5.51. The van der Waals surface area contributed by atoms with Gasteiger partial charge < -0.3 is 10.3 Å². The number of nitrogens with one attached hydrogen (secondary N) is 2. The average molecular weight is 444 g/mol. The summed E-state index contributed by atoms with van der Waals surface area (Å²) in [5.74, 6) is 1.42. The molecule has 1 amide bonds. The molecule has 0 radical (unpaired) electrons. The van der Waals surface area contributed by atoms with E-state index in [2.05, 4.69) is 22.4 Å². The Hall–Kier alpha value is -3.32. The van der Waals surface area contributed by atoms with Crippen molar-refractivity contribution in [2.24, 2.45) is 0 Å². The molecule has 2 N–H and O–H groups in total. The van der Waals surface area contributed by atoms with Gasteiger partial charge >= 0.3 is 0 Å². The minimum atomic E-state index is -0.0758. The molecule has 2 heterocycles. The van der Waals surface area contributed by atoms with Crippen molar-refractivity contribution < 1.29 is 4.79 Å². The molecule has 0 saturated heterocycles. The summed E-state index contributed by atoms with van der Waals surface area (Å²) in [6.45, 7) is 2.02. The lowest BCUT2D eigenvalue weighted by Gasteiger charge is -2.08. The number of imidazole rings is 1. The molecule has 1 fully saturated rings. The van der Waals surface area contributed by atoms with Gasteiger partial charge in [0.15, 0.2) is 5.16 Å². The van der Waals surface area contributed by atoms with Crippen LogP contribution in [0.2, 0.25) is 0 Å². The molecule has 7 heteroatoms. The van der Waals surface area contributed by atoms with Gasteiger partial charge in [0, 0.05) is 24.1 Å². The van der Waals surface area contributed by atoms with Crippen molar-refractivity contribution in [2.75, 3.05) is 11.1 Å². The molecule has 5 rings (SSSR count). The minimum Gasteiger partial charge on any atom is -0.337 e. The fourth-order valence-electron chi connectivity index (χ4n) is 3.64. The highest BCUT2D eigenvalue weighted by molar-refractivity contribution is 7.99. The van der Waals surface area contributed by atoms with E-state index in [0.717, 1.165) is 47.2 Å². The molecule has 1 aliphatic carbocycles. The van der Waals surface area contributed by atoms with Crippen molar-refractivity contribution in [3.63, 3.8) is 0 Å². The molecule has 6 nitrogen and oxygen atoms in total. The highest BCUT2D eigenvalue weighted by Gasteiger charge is 2.28. The zero-order valence-electron chi connectivity index (χ0n) is 17.9. The number of nitrogens with zero attached hydrogens (tertiary/aromatic N) is 3. The van der Waals surface area contributed by atoms with E-state index in [1.807, 2.05) is 66.2 Å². The van der Waals surface area contributed by atoms with Gasteiger partial charge in [0.05, 0.1) is 22.8 Å². The van der Waals surface area contributed by atoms with Crippen LogP contribution in [0.25, 0.3) is 5.69 Å². The molecule has 0 spiro atoms. The molecule has 1 aliphatic rings. The lowest BCUT2D eigenvalue weighted by molar-refractivity contribution is -0.113. The van der Waals surface area contributed by atoms with Gasteiger partial charge in [0.25, 0.3) is 0 Å². The van der Waals surface area contributed by atoms with E-state index >= 15 is 0 Å². The highest BCUT2D eigenvalue weighted by Crippen LogP contribution is 2.40. The second kappa shape index (κ2) is 9.04. The molecule has 0 unspecified atom stereocenters. The predicted molar refractivity (Wildman–Crippen MR) is 127 cm³/mol. The number of carbonyl (C=O) groups excluding carboxylic acids is 1. The summed E-state index contributed by atoms with van der Waals surface area (Å²) in [5.41, 5.74) is 5.25. The van der Waals surface area contributed by atoms with Crippen molar-refractivity contribution in [3.05, 3.63) is 89.4 Å². The van der Waals surface area contributed by atoms with Crippen LogP contribution in [-0.4, -0.2) is 31.4 Å². The number of amides is 1. The van der Waals surface area contributed by atoms with Crippen LogP contribution >= 0.6 is 11.8 Å². The monoisotopic (exact) mass is 443 g/mol. The van der Waals surface area contributed by atoms with Crippen LogP contribution in [-0.2, 0) is 11.2 Å². The molecule has 2 aromatic carbocycles. The van der Waals surface area contributed by atoms with Crippen LogP contribution in [0.3, 0.4) is 0 Å². The molecule has 0 aliphatic heterocycles. The second-order valence-electron chi connectivity index (χ2n) is 8.09. The van der Waals surface area contributed by atoms with Crippen LogP contribution in [0.5, 0.6) is 0 Å². The third kappa shape index (κ3) is 4.78. The van der Waals surface area contributed by atoms with E-state index in [4.69, 9.17) is 10.1 Å². The third-order valence-corrected chi connectivity index (χ3v) is 6.38. The Labute approximate surface area is 191 Å². The van der Waals surface area contributed by atoms with Crippen LogP contribution in [0.15, 0.2) is 71.9 Å². The number of anilines is 1. The van der Waals surface area contributed by atoms with Gasteiger partial charge in [-0.15, -0.1) is 0 Å². The Kier molecular flexibility index (Phi) is 5.81. The number of hydrogen-bond donors (Lipinski definition) is 2. The van der Waals surface area contributed by atoms with E-state index in [9.17, 15) is 4.79 Å². The zero-order valence-corrected chi connectivity index (χ0v) is 18.7. The second-order valence-corrected chi connectivity index (χ2v) is 9.05. The number of aryl methyl sites for hydroxylation is 1. The van der Waals surface area contributed by atoms with Crippen molar-refractivity contribution in [2.45, 2.75) is 37.3 Å². The van der Waals surface area contributed by atoms with E-state index in [0.29, 0.717) is 11.7 Å². The van der Waals surface area contributed by atoms with Crippen LogP contribution < -0.4 is 5.32 Å². The van der Waals surface area contributed by atoms with Crippen molar-refractivity contribution in [1.82, 2.24) is 19.7 Å². The number of rotatable bonds is 8. The maximum absolute atomic E-state index is 12.7. The van der Waals surface area contributed by atoms with Crippen molar-refractivity contribution >= 4 is 23.5 Å². The number of hydrogen-bond acceptors (Lipinski definition) is 4.